The number of benzene rings is 1. The van der Waals surface area contributed by atoms with Gasteiger partial charge >= 0.3 is 5.97 Å². The van der Waals surface area contributed by atoms with Crippen LogP contribution in [0.3, 0.4) is 0 Å². The Hall–Kier alpha value is -2.55. The molecule has 0 saturated carbocycles. The van der Waals surface area contributed by atoms with E-state index in [2.05, 4.69) is 0 Å². The number of hydrogen-bond acceptors (Lipinski definition) is 5. The van der Waals surface area contributed by atoms with E-state index in [1.54, 1.807) is 0 Å². The molecule has 1 aromatic rings. The second-order valence-corrected chi connectivity index (χ2v) is 3.49. The molecule has 0 unspecified atom stereocenters. The van der Waals surface area contributed by atoms with E-state index in [1.165, 1.54) is 0 Å². The van der Waals surface area contributed by atoms with E-state index >= 15 is 0 Å². The zero-order valence-corrected chi connectivity index (χ0v) is 9.37. The van der Waals surface area contributed by atoms with Crippen molar-refractivity contribution in [2.75, 3.05) is 6.54 Å². The minimum Gasteiger partial charge on any atom is -0.479 e. The van der Waals surface area contributed by atoms with Crippen molar-refractivity contribution in [2.24, 2.45) is 0 Å². The Bertz CT molecular complexity index is 533. The second-order valence-electron chi connectivity index (χ2n) is 3.49. The quantitative estimate of drug-likeness (QED) is 0.507. The molecule has 1 aromatic carbocycles. The average Bonchev–Trinajstić information content (AvgIpc) is 2.35. The lowest BCUT2D eigenvalue weighted by Gasteiger charge is -2.08. The van der Waals surface area contributed by atoms with Gasteiger partial charge < -0.3 is 15.5 Å². The number of aliphatic hydroxyl groups excluding tert-OH is 1. The van der Waals surface area contributed by atoms with Crippen LogP contribution in [0.4, 0.5) is 10.1 Å². The molecule has 102 valence electrons. The molecule has 0 radical (unpaired) electrons. The standard InChI is InChI=1S/C10H9FN2O6/c11-7-2-1-5(13(18)19)3-6(7)9(15)12-4-8(14)10(16)17/h1-3,8,14H,4H2,(H,12,15)(H,16,17)/t8-/m0/s1. The summed E-state index contributed by atoms with van der Waals surface area (Å²) in [6, 6.07) is 2.36. The second kappa shape index (κ2) is 5.87. The number of nitrogens with zero attached hydrogens (tertiary/aromatic N) is 1. The predicted molar refractivity (Wildman–Crippen MR) is 59.0 cm³/mol. The van der Waals surface area contributed by atoms with E-state index < -0.39 is 46.5 Å². The molecule has 0 saturated heterocycles. The first-order valence-electron chi connectivity index (χ1n) is 4.96. The lowest BCUT2D eigenvalue weighted by atomic mass is 10.1. The van der Waals surface area contributed by atoms with Gasteiger partial charge in [-0.3, -0.25) is 14.9 Å². The zero-order chi connectivity index (χ0) is 14.6. The summed E-state index contributed by atoms with van der Waals surface area (Å²) in [4.78, 5) is 31.5. The lowest BCUT2D eigenvalue weighted by molar-refractivity contribution is -0.384. The Balaban J connectivity index is 2.84. The molecule has 1 atom stereocenters. The molecule has 3 N–H and O–H groups in total. The molecule has 0 aliphatic heterocycles. The number of nitro benzene ring substituents is 1. The van der Waals surface area contributed by atoms with Gasteiger partial charge in [0, 0.05) is 12.1 Å². The van der Waals surface area contributed by atoms with Crippen LogP contribution in [-0.2, 0) is 4.79 Å². The Labute approximate surface area is 105 Å². The third-order valence-corrected chi connectivity index (χ3v) is 2.15. The van der Waals surface area contributed by atoms with Crippen molar-refractivity contribution in [1.82, 2.24) is 5.32 Å². The van der Waals surface area contributed by atoms with Crippen molar-refractivity contribution < 1.29 is 29.1 Å². The average molecular weight is 272 g/mol. The highest BCUT2D eigenvalue weighted by Crippen LogP contribution is 2.16. The van der Waals surface area contributed by atoms with Gasteiger partial charge in [0.05, 0.1) is 17.0 Å². The maximum absolute atomic E-state index is 13.3. The molecule has 0 aromatic heterocycles. The Morgan fingerprint density at radius 2 is 2.11 bits per heavy atom. The first kappa shape index (κ1) is 14.5. The van der Waals surface area contributed by atoms with Gasteiger partial charge in [0.1, 0.15) is 5.82 Å². The van der Waals surface area contributed by atoms with Crippen LogP contribution < -0.4 is 5.32 Å². The fourth-order valence-corrected chi connectivity index (χ4v) is 1.17. The molecule has 0 bridgehead atoms. The number of carbonyl (C=O) groups excluding carboxylic acids is 1. The summed E-state index contributed by atoms with van der Waals surface area (Å²) in [7, 11) is 0. The van der Waals surface area contributed by atoms with E-state index in [9.17, 15) is 24.1 Å². The number of amides is 1. The van der Waals surface area contributed by atoms with Crippen LogP contribution in [0.1, 0.15) is 10.4 Å². The number of halogens is 1. The van der Waals surface area contributed by atoms with Crippen molar-refractivity contribution >= 4 is 17.6 Å². The number of aliphatic hydroxyl groups is 1. The van der Waals surface area contributed by atoms with Crippen LogP contribution in [0.2, 0.25) is 0 Å². The summed E-state index contributed by atoms with van der Waals surface area (Å²) in [5, 5.41) is 29.7. The minimum atomic E-state index is -1.84. The monoisotopic (exact) mass is 272 g/mol. The van der Waals surface area contributed by atoms with E-state index in [4.69, 9.17) is 10.2 Å². The Kier molecular flexibility index (Phi) is 4.48. The molecule has 19 heavy (non-hydrogen) atoms. The van der Waals surface area contributed by atoms with Crippen LogP contribution in [0.5, 0.6) is 0 Å². The van der Waals surface area contributed by atoms with Crippen LogP contribution in [0, 0.1) is 15.9 Å². The van der Waals surface area contributed by atoms with Gasteiger partial charge in [0.15, 0.2) is 6.10 Å². The number of carboxylic acid groups (broad SMARTS) is 1. The molecule has 0 aliphatic carbocycles. The molecule has 8 nitrogen and oxygen atoms in total. The van der Waals surface area contributed by atoms with Gasteiger partial charge in [-0.15, -0.1) is 0 Å². The summed E-state index contributed by atoms with van der Waals surface area (Å²) < 4.78 is 13.3. The summed E-state index contributed by atoms with van der Waals surface area (Å²) in [5.74, 6) is -3.60. The maximum atomic E-state index is 13.3. The van der Waals surface area contributed by atoms with Crippen LogP contribution >= 0.6 is 0 Å². The molecule has 0 aliphatic rings. The number of hydrogen-bond donors (Lipinski definition) is 3. The van der Waals surface area contributed by atoms with Gasteiger partial charge in [-0.2, -0.15) is 0 Å². The van der Waals surface area contributed by atoms with Gasteiger partial charge in [-0.05, 0) is 6.07 Å². The van der Waals surface area contributed by atoms with Crippen LogP contribution in [-0.4, -0.2) is 39.7 Å². The number of non-ortho nitro benzene ring substituents is 1. The number of aliphatic carboxylic acids is 1. The van der Waals surface area contributed by atoms with Gasteiger partial charge in [0.2, 0.25) is 0 Å². The van der Waals surface area contributed by atoms with E-state index in [0.29, 0.717) is 0 Å². The fraction of sp³-hybridized carbons (Fsp3) is 0.200. The van der Waals surface area contributed by atoms with E-state index in [1.807, 2.05) is 5.32 Å². The molecule has 0 spiro atoms. The smallest absolute Gasteiger partial charge is 0.334 e. The molecule has 0 fully saturated rings. The van der Waals surface area contributed by atoms with E-state index in [0.717, 1.165) is 18.2 Å². The maximum Gasteiger partial charge on any atom is 0.334 e. The molecule has 9 heteroatoms. The molecular weight excluding hydrogens is 263 g/mol. The third kappa shape index (κ3) is 3.71. The van der Waals surface area contributed by atoms with Crippen molar-refractivity contribution in [3.8, 4) is 0 Å². The number of nitrogens with one attached hydrogen (secondary N) is 1. The van der Waals surface area contributed by atoms with Crippen molar-refractivity contribution in [3.63, 3.8) is 0 Å². The highest BCUT2D eigenvalue weighted by molar-refractivity contribution is 5.95. The number of carboxylic acids is 1. The SMILES string of the molecule is O=C(NC[C@H](O)C(=O)O)c1cc([N+](=O)[O-])ccc1F. The first-order chi connectivity index (χ1) is 8.82. The van der Waals surface area contributed by atoms with Crippen molar-refractivity contribution in [3.05, 3.63) is 39.7 Å². The summed E-state index contributed by atoms with van der Waals surface area (Å²) in [5.41, 5.74) is -1.09. The Morgan fingerprint density at radius 1 is 1.47 bits per heavy atom. The van der Waals surface area contributed by atoms with Gasteiger partial charge in [0.25, 0.3) is 11.6 Å². The number of nitro groups is 1. The first-order valence-corrected chi connectivity index (χ1v) is 4.96. The lowest BCUT2D eigenvalue weighted by Crippen LogP contribution is -2.36. The highest BCUT2D eigenvalue weighted by atomic mass is 19.1. The van der Waals surface area contributed by atoms with Gasteiger partial charge in [-0.1, -0.05) is 0 Å². The largest absolute Gasteiger partial charge is 0.479 e. The molecule has 0 heterocycles. The summed E-state index contributed by atoms with van der Waals surface area (Å²) in [6.45, 7) is -0.643. The number of rotatable bonds is 5. The van der Waals surface area contributed by atoms with Crippen LogP contribution in [0.15, 0.2) is 18.2 Å². The predicted octanol–water partition coefficient (Wildman–Crippen LogP) is -0.0908. The van der Waals surface area contributed by atoms with Crippen molar-refractivity contribution in [2.45, 2.75) is 6.10 Å². The molecule has 1 amide bonds. The van der Waals surface area contributed by atoms with Crippen LogP contribution in [0.25, 0.3) is 0 Å². The molecule has 1 rings (SSSR count). The summed E-state index contributed by atoms with van der Waals surface area (Å²) in [6.07, 6.45) is -1.84. The van der Waals surface area contributed by atoms with Gasteiger partial charge in [-0.25, -0.2) is 9.18 Å². The van der Waals surface area contributed by atoms with Crippen molar-refractivity contribution in [1.29, 1.82) is 0 Å². The summed E-state index contributed by atoms with van der Waals surface area (Å²) >= 11 is 0. The third-order valence-electron chi connectivity index (χ3n) is 2.15. The topological polar surface area (TPSA) is 130 Å². The molecular formula is C10H9FN2O6. The highest BCUT2D eigenvalue weighted by Gasteiger charge is 2.19. The van der Waals surface area contributed by atoms with E-state index in [-0.39, 0.29) is 0 Å². The fourth-order valence-electron chi connectivity index (χ4n) is 1.17. The zero-order valence-electron chi connectivity index (χ0n) is 9.37. The Morgan fingerprint density at radius 3 is 2.63 bits per heavy atom. The number of carbonyl (C=O) groups is 2. The minimum absolute atomic E-state index is 0.481. The normalized spacial score (nSPS) is 11.7.